The largest absolute Gasteiger partial charge is 0.393 e. The first-order chi connectivity index (χ1) is 9.24. The highest BCUT2D eigenvalue weighted by Crippen LogP contribution is 2.24. The lowest BCUT2D eigenvalue weighted by Crippen LogP contribution is -2.15. The van der Waals surface area contributed by atoms with E-state index in [-0.39, 0.29) is 6.10 Å². The van der Waals surface area contributed by atoms with Crippen LogP contribution < -0.4 is 5.32 Å². The van der Waals surface area contributed by atoms with Crippen LogP contribution in [0.5, 0.6) is 0 Å². The summed E-state index contributed by atoms with van der Waals surface area (Å²) in [6.45, 7) is 3.68. The van der Waals surface area contributed by atoms with Crippen molar-refractivity contribution < 1.29 is 5.11 Å². The topological polar surface area (TPSA) is 37.2 Å². The molecule has 1 aromatic heterocycles. The molecule has 1 aliphatic carbocycles. The van der Waals surface area contributed by atoms with Crippen molar-refractivity contribution in [1.82, 2.24) is 9.88 Å². The van der Waals surface area contributed by atoms with Gasteiger partial charge in [0, 0.05) is 36.2 Å². The molecule has 2 N–H and O–H groups in total. The maximum atomic E-state index is 9.45. The third-order valence-electron chi connectivity index (χ3n) is 3.82. The van der Waals surface area contributed by atoms with E-state index in [1.54, 1.807) is 0 Å². The predicted octanol–water partition coefficient (Wildman–Crippen LogP) is 2.66. The van der Waals surface area contributed by atoms with Crippen molar-refractivity contribution in [2.45, 2.75) is 51.4 Å². The van der Waals surface area contributed by atoms with Crippen LogP contribution in [0.1, 0.15) is 31.7 Å². The van der Waals surface area contributed by atoms with Crippen LogP contribution in [-0.4, -0.2) is 21.8 Å². The van der Waals surface area contributed by atoms with Crippen molar-refractivity contribution in [2.24, 2.45) is 0 Å². The molecule has 1 fully saturated rings. The van der Waals surface area contributed by atoms with Gasteiger partial charge in [-0.15, -0.1) is 0 Å². The quantitative estimate of drug-likeness (QED) is 0.836. The molecular formula is C16H22N2O. The molecule has 0 amide bonds. The Labute approximate surface area is 114 Å². The van der Waals surface area contributed by atoms with Crippen LogP contribution in [0.2, 0.25) is 0 Å². The van der Waals surface area contributed by atoms with Gasteiger partial charge in [-0.1, -0.05) is 18.2 Å². The summed E-state index contributed by atoms with van der Waals surface area (Å²) in [5.74, 6) is 0. The fourth-order valence-electron chi connectivity index (χ4n) is 2.52. The van der Waals surface area contributed by atoms with E-state index < -0.39 is 0 Å². The van der Waals surface area contributed by atoms with E-state index >= 15 is 0 Å². The van der Waals surface area contributed by atoms with E-state index in [4.69, 9.17) is 0 Å². The Morgan fingerprint density at radius 2 is 2.16 bits per heavy atom. The molecule has 1 saturated carbocycles. The molecule has 1 atom stereocenters. The van der Waals surface area contributed by atoms with Crippen LogP contribution in [-0.2, 0) is 13.1 Å². The lowest BCUT2D eigenvalue weighted by Gasteiger charge is -2.06. The Bertz CT molecular complexity index is 515. The smallest absolute Gasteiger partial charge is 0.0529 e. The molecule has 19 heavy (non-hydrogen) atoms. The van der Waals surface area contributed by atoms with E-state index in [2.05, 4.69) is 40.3 Å². The van der Waals surface area contributed by atoms with Crippen molar-refractivity contribution in [3.8, 4) is 0 Å². The van der Waals surface area contributed by atoms with Gasteiger partial charge in [0.1, 0.15) is 0 Å². The highest BCUT2D eigenvalue weighted by Gasteiger charge is 2.20. The molecule has 0 radical (unpaired) electrons. The van der Waals surface area contributed by atoms with Crippen molar-refractivity contribution in [3.05, 3.63) is 36.0 Å². The van der Waals surface area contributed by atoms with Gasteiger partial charge in [0.2, 0.25) is 0 Å². The molecular weight excluding hydrogens is 236 g/mol. The minimum absolute atomic E-state index is 0.241. The zero-order valence-electron chi connectivity index (χ0n) is 11.5. The molecule has 0 bridgehead atoms. The van der Waals surface area contributed by atoms with Crippen LogP contribution in [0.15, 0.2) is 30.5 Å². The Balaban J connectivity index is 1.83. The molecule has 2 aromatic rings. The summed E-state index contributed by atoms with van der Waals surface area (Å²) in [5, 5.41) is 14.4. The Hall–Kier alpha value is -1.32. The number of fused-ring (bicyclic) bond motifs is 1. The standard InChI is InChI=1S/C16H22N2O/c1-12(19)8-9-18-11-13(10-17-14-6-7-14)15-4-2-3-5-16(15)18/h2-5,11-12,14,17,19H,6-10H2,1H3. The summed E-state index contributed by atoms with van der Waals surface area (Å²) in [6.07, 6.45) is 5.44. The minimum atomic E-state index is -0.241. The number of hydrogen-bond donors (Lipinski definition) is 2. The lowest BCUT2D eigenvalue weighted by atomic mass is 10.2. The van der Waals surface area contributed by atoms with Crippen LogP contribution in [0.3, 0.4) is 0 Å². The molecule has 102 valence electrons. The number of aromatic nitrogens is 1. The van der Waals surface area contributed by atoms with E-state index in [9.17, 15) is 5.11 Å². The van der Waals surface area contributed by atoms with Crippen molar-refractivity contribution in [1.29, 1.82) is 0 Å². The number of aryl methyl sites for hydroxylation is 1. The zero-order chi connectivity index (χ0) is 13.2. The fraction of sp³-hybridized carbons (Fsp3) is 0.500. The number of rotatable bonds is 6. The number of nitrogens with zero attached hydrogens (tertiary/aromatic N) is 1. The average Bonchev–Trinajstić information content (AvgIpc) is 3.16. The van der Waals surface area contributed by atoms with Gasteiger partial charge in [0.25, 0.3) is 0 Å². The highest BCUT2D eigenvalue weighted by molar-refractivity contribution is 5.83. The number of aliphatic hydroxyl groups excluding tert-OH is 1. The Kier molecular flexibility index (Phi) is 3.58. The summed E-state index contributed by atoms with van der Waals surface area (Å²) in [4.78, 5) is 0. The minimum Gasteiger partial charge on any atom is -0.393 e. The van der Waals surface area contributed by atoms with Crippen LogP contribution in [0, 0.1) is 0 Å². The molecule has 3 heteroatoms. The van der Waals surface area contributed by atoms with Gasteiger partial charge >= 0.3 is 0 Å². The van der Waals surface area contributed by atoms with Crippen LogP contribution >= 0.6 is 0 Å². The number of aliphatic hydroxyl groups is 1. The Morgan fingerprint density at radius 1 is 1.37 bits per heavy atom. The van der Waals surface area contributed by atoms with Gasteiger partial charge in [-0.25, -0.2) is 0 Å². The van der Waals surface area contributed by atoms with E-state index in [0.717, 1.165) is 25.6 Å². The molecule has 3 rings (SSSR count). The summed E-state index contributed by atoms with van der Waals surface area (Å²) in [5.41, 5.74) is 2.64. The first-order valence-electron chi connectivity index (χ1n) is 7.22. The molecule has 1 aliphatic rings. The maximum absolute atomic E-state index is 9.45. The summed E-state index contributed by atoms with van der Waals surface area (Å²) in [6, 6.07) is 9.27. The van der Waals surface area contributed by atoms with Gasteiger partial charge in [-0.05, 0) is 37.8 Å². The second kappa shape index (κ2) is 5.35. The lowest BCUT2D eigenvalue weighted by molar-refractivity contribution is 0.178. The fourth-order valence-corrected chi connectivity index (χ4v) is 2.52. The third-order valence-corrected chi connectivity index (χ3v) is 3.82. The number of benzene rings is 1. The van der Waals surface area contributed by atoms with Gasteiger partial charge in [0.05, 0.1) is 6.10 Å². The van der Waals surface area contributed by atoms with Gasteiger partial charge in [0.15, 0.2) is 0 Å². The SMILES string of the molecule is CC(O)CCn1cc(CNC2CC2)c2ccccc21. The van der Waals surface area contributed by atoms with Crippen LogP contribution in [0.25, 0.3) is 10.9 Å². The first kappa shape index (κ1) is 12.7. The second-order valence-electron chi connectivity index (χ2n) is 5.66. The first-order valence-corrected chi connectivity index (χ1v) is 7.22. The van der Waals surface area contributed by atoms with Gasteiger partial charge in [-0.2, -0.15) is 0 Å². The van der Waals surface area contributed by atoms with Crippen LogP contribution in [0.4, 0.5) is 0 Å². The molecule has 0 aliphatic heterocycles. The number of hydrogen-bond acceptors (Lipinski definition) is 2. The molecule has 1 heterocycles. The zero-order valence-corrected chi connectivity index (χ0v) is 11.5. The number of para-hydroxylation sites is 1. The molecule has 0 saturated heterocycles. The summed E-state index contributed by atoms with van der Waals surface area (Å²) in [7, 11) is 0. The average molecular weight is 258 g/mol. The molecule has 1 unspecified atom stereocenters. The van der Waals surface area contributed by atoms with Crippen molar-refractivity contribution in [2.75, 3.05) is 0 Å². The molecule has 1 aromatic carbocycles. The Morgan fingerprint density at radius 3 is 2.89 bits per heavy atom. The predicted molar refractivity (Wildman–Crippen MR) is 78.1 cm³/mol. The van der Waals surface area contributed by atoms with Gasteiger partial charge in [-0.3, -0.25) is 0 Å². The normalized spacial score (nSPS) is 16.9. The van der Waals surface area contributed by atoms with E-state index in [0.29, 0.717) is 0 Å². The molecule has 3 nitrogen and oxygen atoms in total. The third kappa shape index (κ3) is 2.99. The summed E-state index contributed by atoms with van der Waals surface area (Å²) < 4.78 is 2.27. The van der Waals surface area contributed by atoms with Crippen molar-refractivity contribution in [3.63, 3.8) is 0 Å². The van der Waals surface area contributed by atoms with E-state index in [1.807, 2.05) is 6.92 Å². The summed E-state index contributed by atoms with van der Waals surface area (Å²) >= 11 is 0. The number of nitrogens with one attached hydrogen (secondary N) is 1. The van der Waals surface area contributed by atoms with E-state index in [1.165, 1.54) is 29.3 Å². The van der Waals surface area contributed by atoms with Crippen molar-refractivity contribution >= 4 is 10.9 Å². The second-order valence-corrected chi connectivity index (χ2v) is 5.66. The molecule has 0 spiro atoms. The maximum Gasteiger partial charge on any atom is 0.0529 e. The monoisotopic (exact) mass is 258 g/mol. The van der Waals surface area contributed by atoms with Gasteiger partial charge < -0.3 is 15.0 Å². The highest BCUT2D eigenvalue weighted by atomic mass is 16.3.